The van der Waals surface area contributed by atoms with Crippen molar-refractivity contribution in [3.8, 4) is 0 Å². The van der Waals surface area contributed by atoms with E-state index in [9.17, 15) is 0 Å². The van der Waals surface area contributed by atoms with Crippen molar-refractivity contribution < 1.29 is 0 Å². The number of benzene rings is 1. The summed E-state index contributed by atoms with van der Waals surface area (Å²) in [5.41, 5.74) is 9.73. The van der Waals surface area contributed by atoms with E-state index >= 15 is 0 Å². The average Bonchev–Trinajstić information content (AvgIpc) is 2.16. The minimum absolute atomic E-state index is 0.404. The summed E-state index contributed by atoms with van der Waals surface area (Å²) in [4.78, 5) is 2.30. The van der Waals surface area contributed by atoms with Gasteiger partial charge in [-0.25, -0.2) is 0 Å². The second-order valence-electron chi connectivity index (χ2n) is 5.00. The van der Waals surface area contributed by atoms with Crippen LogP contribution in [0, 0.1) is 19.8 Å². The Balaban J connectivity index is 2.98. The normalized spacial score (nSPS) is 12.9. The van der Waals surface area contributed by atoms with Crippen molar-refractivity contribution in [2.75, 3.05) is 18.5 Å². The first-order valence-corrected chi connectivity index (χ1v) is 5.97. The molecule has 0 spiro atoms. The van der Waals surface area contributed by atoms with Crippen molar-refractivity contribution >= 4 is 5.69 Å². The van der Waals surface area contributed by atoms with Crippen LogP contribution in [0.3, 0.4) is 0 Å². The van der Waals surface area contributed by atoms with Crippen molar-refractivity contribution in [2.45, 2.75) is 33.7 Å². The summed E-state index contributed by atoms with van der Waals surface area (Å²) in [6.07, 6.45) is 0. The van der Waals surface area contributed by atoms with Gasteiger partial charge in [0.2, 0.25) is 0 Å². The summed E-state index contributed by atoms with van der Waals surface area (Å²) in [5, 5.41) is 0. The molecule has 0 saturated heterocycles. The molecule has 0 aliphatic carbocycles. The van der Waals surface area contributed by atoms with Gasteiger partial charge in [0, 0.05) is 25.3 Å². The van der Waals surface area contributed by atoms with Gasteiger partial charge in [-0.15, -0.1) is 0 Å². The van der Waals surface area contributed by atoms with E-state index in [2.05, 4.69) is 57.8 Å². The number of hydrogen-bond acceptors (Lipinski definition) is 2. The van der Waals surface area contributed by atoms with E-state index in [-0.39, 0.29) is 0 Å². The second-order valence-corrected chi connectivity index (χ2v) is 5.00. The Morgan fingerprint density at radius 3 is 2.00 bits per heavy atom. The van der Waals surface area contributed by atoms with Crippen LogP contribution in [0.2, 0.25) is 0 Å². The molecule has 1 atom stereocenters. The van der Waals surface area contributed by atoms with E-state index in [0.717, 1.165) is 0 Å². The van der Waals surface area contributed by atoms with Crippen LogP contribution in [0.25, 0.3) is 0 Å². The molecule has 2 nitrogen and oxygen atoms in total. The minimum atomic E-state index is 0.404. The van der Waals surface area contributed by atoms with Crippen LogP contribution in [0.5, 0.6) is 0 Å². The fourth-order valence-electron chi connectivity index (χ4n) is 2.22. The summed E-state index contributed by atoms with van der Waals surface area (Å²) in [5.74, 6) is 0.566. The molecule has 1 aromatic carbocycles. The molecule has 0 aliphatic rings. The molecule has 0 heterocycles. The quantitative estimate of drug-likeness (QED) is 0.845. The summed E-state index contributed by atoms with van der Waals surface area (Å²) in [6.45, 7) is 9.41. The third-order valence-electron chi connectivity index (χ3n) is 3.12. The molecule has 16 heavy (non-hydrogen) atoms. The summed E-state index contributed by atoms with van der Waals surface area (Å²) in [6, 6.07) is 7.04. The van der Waals surface area contributed by atoms with Crippen molar-refractivity contribution in [1.29, 1.82) is 0 Å². The smallest absolute Gasteiger partial charge is 0.0431 e. The molecule has 1 unspecified atom stereocenters. The lowest BCUT2D eigenvalue weighted by atomic mass is 10.0. The molecule has 1 aromatic rings. The highest BCUT2D eigenvalue weighted by Crippen LogP contribution is 2.21. The van der Waals surface area contributed by atoms with Gasteiger partial charge in [0.15, 0.2) is 0 Å². The van der Waals surface area contributed by atoms with E-state index in [1.54, 1.807) is 0 Å². The summed E-state index contributed by atoms with van der Waals surface area (Å²) in [7, 11) is 2.13. The van der Waals surface area contributed by atoms with Gasteiger partial charge < -0.3 is 10.6 Å². The zero-order chi connectivity index (χ0) is 12.3. The largest absolute Gasteiger partial charge is 0.370 e. The van der Waals surface area contributed by atoms with Crippen molar-refractivity contribution in [2.24, 2.45) is 11.7 Å². The Bertz CT molecular complexity index is 324. The second kappa shape index (κ2) is 5.35. The maximum Gasteiger partial charge on any atom is 0.0431 e. The van der Waals surface area contributed by atoms with Crippen LogP contribution >= 0.6 is 0 Å². The van der Waals surface area contributed by atoms with E-state index in [4.69, 9.17) is 5.73 Å². The van der Waals surface area contributed by atoms with Crippen LogP contribution < -0.4 is 10.6 Å². The highest BCUT2D eigenvalue weighted by Gasteiger charge is 2.17. The Hall–Kier alpha value is -1.02. The van der Waals surface area contributed by atoms with Gasteiger partial charge in [0.05, 0.1) is 0 Å². The molecule has 0 aromatic heterocycles. The Kier molecular flexibility index (Phi) is 4.36. The molecule has 2 heteroatoms. The Morgan fingerprint density at radius 2 is 1.62 bits per heavy atom. The topological polar surface area (TPSA) is 29.3 Å². The number of aryl methyl sites for hydroxylation is 2. The van der Waals surface area contributed by atoms with Gasteiger partial charge in [0.1, 0.15) is 0 Å². The van der Waals surface area contributed by atoms with Crippen LogP contribution in [0.15, 0.2) is 18.2 Å². The zero-order valence-corrected chi connectivity index (χ0v) is 11.1. The molecule has 90 valence electrons. The van der Waals surface area contributed by atoms with E-state index < -0.39 is 0 Å². The molecule has 2 N–H and O–H groups in total. The van der Waals surface area contributed by atoms with Gasteiger partial charge in [-0.2, -0.15) is 0 Å². The predicted octanol–water partition coefficient (Wildman–Crippen LogP) is 2.72. The third-order valence-corrected chi connectivity index (χ3v) is 3.12. The molecule has 0 saturated carbocycles. The maximum absolute atomic E-state index is 5.85. The van der Waals surface area contributed by atoms with Crippen LogP contribution in [-0.4, -0.2) is 19.6 Å². The minimum Gasteiger partial charge on any atom is -0.370 e. The van der Waals surface area contributed by atoms with Crippen molar-refractivity contribution in [1.82, 2.24) is 0 Å². The zero-order valence-electron chi connectivity index (χ0n) is 11.1. The lowest BCUT2D eigenvalue weighted by Gasteiger charge is -2.32. The summed E-state index contributed by atoms with van der Waals surface area (Å²) >= 11 is 0. The highest BCUT2D eigenvalue weighted by atomic mass is 15.1. The molecule has 0 amide bonds. The first-order chi connectivity index (χ1) is 7.45. The van der Waals surface area contributed by atoms with E-state index in [0.29, 0.717) is 18.5 Å². The van der Waals surface area contributed by atoms with Gasteiger partial charge in [0.25, 0.3) is 0 Å². The number of likely N-dealkylation sites (N-methyl/N-ethyl adjacent to an activating group) is 1. The maximum atomic E-state index is 5.85. The van der Waals surface area contributed by atoms with E-state index in [1.807, 2.05) is 0 Å². The molecule has 0 radical (unpaired) electrons. The number of nitrogens with zero attached hydrogens (tertiary/aromatic N) is 1. The number of nitrogens with two attached hydrogens (primary N) is 1. The summed E-state index contributed by atoms with van der Waals surface area (Å²) < 4.78 is 0. The predicted molar refractivity (Wildman–Crippen MR) is 72.0 cm³/mol. The van der Waals surface area contributed by atoms with Gasteiger partial charge >= 0.3 is 0 Å². The van der Waals surface area contributed by atoms with Gasteiger partial charge in [-0.1, -0.05) is 19.9 Å². The Morgan fingerprint density at radius 1 is 1.12 bits per heavy atom. The highest BCUT2D eigenvalue weighted by molar-refractivity contribution is 5.51. The first kappa shape index (κ1) is 13.0. The van der Waals surface area contributed by atoms with Crippen molar-refractivity contribution in [3.05, 3.63) is 29.3 Å². The van der Waals surface area contributed by atoms with Crippen LogP contribution in [-0.2, 0) is 0 Å². The fourth-order valence-corrected chi connectivity index (χ4v) is 2.22. The third kappa shape index (κ3) is 2.99. The van der Waals surface area contributed by atoms with E-state index in [1.165, 1.54) is 16.8 Å². The van der Waals surface area contributed by atoms with Crippen LogP contribution in [0.1, 0.15) is 25.0 Å². The molecule has 0 fully saturated rings. The van der Waals surface area contributed by atoms with Crippen molar-refractivity contribution in [3.63, 3.8) is 0 Å². The first-order valence-electron chi connectivity index (χ1n) is 5.97. The molecule has 0 bridgehead atoms. The molecule has 1 rings (SSSR count). The van der Waals surface area contributed by atoms with Gasteiger partial charge in [-0.05, 0) is 43.0 Å². The fraction of sp³-hybridized carbons (Fsp3) is 0.571. The molecular formula is C14H24N2. The van der Waals surface area contributed by atoms with Gasteiger partial charge in [-0.3, -0.25) is 0 Å². The molecular weight excluding hydrogens is 196 g/mol. The number of anilines is 1. The average molecular weight is 220 g/mol. The monoisotopic (exact) mass is 220 g/mol. The lowest BCUT2D eigenvalue weighted by Crippen LogP contribution is -2.41. The standard InChI is InChI=1S/C14H24N2/c1-10(2)14(9-15)16(5)13-7-11(3)6-12(4)8-13/h6-8,10,14H,9,15H2,1-5H3. The molecule has 0 aliphatic heterocycles. The number of hydrogen-bond donors (Lipinski definition) is 1. The van der Waals surface area contributed by atoms with Crippen LogP contribution in [0.4, 0.5) is 5.69 Å². The lowest BCUT2D eigenvalue weighted by molar-refractivity contribution is 0.480. The Labute approximate surface area is 99.5 Å². The SMILES string of the molecule is Cc1cc(C)cc(N(C)C(CN)C(C)C)c1. The number of rotatable bonds is 4.